The average Bonchev–Trinajstić information content (AvgIpc) is 2.73. The number of nitro benzene ring substituents is 1. The number of Topliss-reactive ketones (excluding diaryl/α,β-unsaturated/α-hetero) is 1. The number of ketones is 1. The zero-order valence-corrected chi connectivity index (χ0v) is 16.2. The van der Waals surface area contributed by atoms with Crippen LogP contribution in [0, 0.1) is 10.1 Å². The van der Waals surface area contributed by atoms with Crippen molar-refractivity contribution < 1.29 is 27.7 Å². The molecule has 2 aromatic carbocycles. The fraction of sp³-hybridized carbons (Fsp3) is 0.273. The van der Waals surface area contributed by atoms with Crippen molar-refractivity contribution in [3.8, 4) is 0 Å². The predicted octanol–water partition coefficient (Wildman–Crippen LogP) is 5.14. The maximum absolute atomic E-state index is 13.1. The fourth-order valence-electron chi connectivity index (χ4n) is 4.21. The minimum atomic E-state index is -4.47. The number of amides is 1. The quantitative estimate of drug-likeness (QED) is 0.499. The predicted molar refractivity (Wildman–Crippen MR) is 105 cm³/mol. The number of carbonyl (C=O) groups is 2. The normalized spacial score (nSPS) is 19.5. The fourth-order valence-corrected chi connectivity index (χ4v) is 4.21. The van der Waals surface area contributed by atoms with E-state index in [4.69, 9.17) is 0 Å². The Morgan fingerprint density at radius 2 is 1.61 bits per heavy atom. The third kappa shape index (κ3) is 3.83. The number of halogens is 3. The van der Waals surface area contributed by atoms with Crippen molar-refractivity contribution in [3.05, 3.63) is 81.0 Å². The van der Waals surface area contributed by atoms with Gasteiger partial charge in [-0.15, -0.1) is 0 Å². The van der Waals surface area contributed by atoms with E-state index < -0.39 is 22.6 Å². The van der Waals surface area contributed by atoms with E-state index in [-0.39, 0.29) is 23.8 Å². The highest BCUT2D eigenvalue weighted by molar-refractivity contribution is 6.07. The zero-order valence-electron chi connectivity index (χ0n) is 16.2. The third-order valence-electron chi connectivity index (χ3n) is 5.63. The first kappa shape index (κ1) is 20.8. The molecule has 0 saturated carbocycles. The number of rotatable bonds is 3. The smallest absolute Gasteiger partial charge is 0.294 e. The van der Waals surface area contributed by atoms with E-state index >= 15 is 0 Å². The van der Waals surface area contributed by atoms with Crippen molar-refractivity contribution in [1.29, 1.82) is 0 Å². The van der Waals surface area contributed by atoms with Gasteiger partial charge in [-0.2, -0.15) is 13.2 Å². The van der Waals surface area contributed by atoms with Gasteiger partial charge in [0.2, 0.25) is 5.91 Å². The molecule has 0 radical (unpaired) electrons. The van der Waals surface area contributed by atoms with Crippen LogP contribution in [0.25, 0.3) is 0 Å². The zero-order chi connectivity index (χ0) is 22.3. The van der Waals surface area contributed by atoms with Crippen molar-refractivity contribution in [2.75, 3.05) is 4.90 Å². The van der Waals surface area contributed by atoms with Gasteiger partial charge in [0.25, 0.3) is 5.69 Å². The van der Waals surface area contributed by atoms with Crippen LogP contribution in [0.4, 0.5) is 24.5 Å². The molecular weight excluding hydrogens is 413 g/mol. The number of allylic oxidation sites excluding steroid dienone is 2. The van der Waals surface area contributed by atoms with E-state index in [1.807, 2.05) is 0 Å². The highest BCUT2D eigenvalue weighted by Crippen LogP contribution is 2.44. The van der Waals surface area contributed by atoms with Gasteiger partial charge < -0.3 is 0 Å². The van der Waals surface area contributed by atoms with Gasteiger partial charge in [-0.3, -0.25) is 24.6 Å². The van der Waals surface area contributed by atoms with Gasteiger partial charge in [-0.25, -0.2) is 0 Å². The molecule has 4 rings (SSSR count). The van der Waals surface area contributed by atoms with E-state index in [2.05, 4.69) is 0 Å². The molecule has 1 heterocycles. The molecule has 1 aliphatic heterocycles. The van der Waals surface area contributed by atoms with E-state index in [0.29, 0.717) is 41.8 Å². The Hall–Kier alpha value is -3.49. The van der Waals surface area contributed by atoms with Crippen LogP contribution < -0.4 is 4.90 Å². The Bertz CT molecular complexity index is 1090. The second-order valence-electron chi connectivity index (χ2n) is 7.52. The lowest BCUT2D eigenvalue weighted by Gasteiger charge is -2.38. The van der Waals surface area contributed by atoms with Crippen LogP contribution in [0.15, 0.2) is 59.8 Å². The lowest BCUT2D eigenvalue weighted by Crippen LogP contribution is -2.40. The molecule has 0 bridgehead atoms. The Balaban J connectivity index is 1.77. The van der Waals surface area contributed by atoms with Gasteiger partial charge in [0.05, 0.1) is 10.5 Å². The van der Waals surface area contributed by atoms with Crippen molar-refractivity contribution in [1.82, 2.24) is 0 Å². The number of anilines is 1. The summed E-state index contributed by atoms with van der Waals surface area (Å²) in [5, 5.41) is 10.9. The summed E-state index contributed by atoms with van der Waals surface area (Å²) in [4.78, 5) is 37.6. The van der Waals surface area contributed by atoms with E-state index in [1.165, 1.54) is 41.3 Å². The summed E-state index contributed by atoms with van der Waals surface area (Å²) in [7, 11) is 0. The van der Waals surface area contributed by atoms with Crippen LogP contribution in [0.3, 0.4) is 0 Å². The van der Waals surface area contributed by atoms with E-state index in [9.17, 15) is 32.9 Å². The van der Waals surface area contributed by atoms with Crippen LogP contribution >= 0.6 is 0 Å². The summed E-state index contributed by atoms with van der Waals surface area (Å²) in [6.45, 7) is 0. The summed E-state index contributed by atoms with van der Waals surface area (Å²) >= 11 is 0. The molecule has 0 spiro atoms. The van der Waals surface area contributed by atoms with Crippen molar-refractivity contribution in [2.24, 2.45) is 0 Å². The molecule has 9 heteroatoms. The van der Waals surface area contributed by atoms with Crippen molar-refractivity contribution in [2.45, 2.75) is 37.8 Å². The van der Waals surface area contributed by atoms with Gasteiger partial charge in [-0.05, 0) is 42.7 Å². The largest absolute Gasteiger partial charge is 0.416 e. The second kappa shape index (κ2) is 7.64. The molecule has 0 saturated heterocycles. The number of nitro groups is 1. The Morgan fingerprint density at radius 1 is 0.968 bits per heavy atom. The molecule has 6 nitrogen and oxygen atoms in total. The third-order valence-corrected chi connectivity index (χ3v) is 5.63. The summed E-state index contributed by atoms with van der Waals surface area (Å²) < 4.78 is 38.7. The lowest BCUT2D eigenvalue weighted by atomic mass is 9.77. The topological polar surface area (TPSA) is 80.5 Å². The summed E-state index contributed by atoms with van der Waals surface area (Å²) in [6.07, 6.45) is -3.24. The monoisotopic (exact) mass is 430 g/mol. The molecule has 31 heavy (non-hydrogen) atoms. The maximum Gasteiger partial charge on any atom is 0.416 e. The van der Waals surface area contributed by atoms with Crippen LogP contribution in [0.1, 0.15) is 42.7 Å². The highest BCUT2D eigenvalue weighted by atomic mass is 19.4. The van der Waals surface area contributed by atoms with Gasteiger partial charge in [-0.1, -0.05) is 12.1 Å². The second-order valence-corrected chi connectivity index (χ2v) is 7.52. The number of carbonyl (C=O) groups excluding carboxylic acids is 2. The van der Waals surface area contributed by atoms with E-state index in [0.717, 1.165) is 12.1 Å². The Morgan fingerprint density at radius 3 is 2.19 bits per heavy atom. The molecule has 160 valence electrons. The minimum Gasteiger partial charge on any atom is -0.294 e. The molecule has 0 N–H and O–H groups in total. The van der Waals surface area contributed by atoms with Gasteiger partial charge in [0, 0.05) is 47.8 Å². The number of hydrogen-bond donors (Lipinski definition) is 0. The molecule has 1 atom stereocenters. The minimum absolute atomic E-state index is 0.0765. The van der Waals surface area contributed by atoms with Crippen molar-refractivity contribution in [3.63, 3.8) is 0 Å². The first-order valence-electron chi connectivity index (χ1n) is 9.67. The molecule has 2 aliphatic rings. The van der Waals surface area contributed by atoms with E-state index in [1.54, 1.807) is 0 Å². The number of hydrogen-bond acceptors (Lipinski definition) is 4. The van der Waals surface area contributed by atoms with Gasteiger partial charge in [0.1, 0.15) is 0 Å². The molecule has 1 amide bonds. The standard InChI is InChI=1S/C22H17F3N2O4/c23-22(24,25)14-6-4-13(5-7-14)17-12-20(29)26(18-2-1-3-19(28)21(17)18)15-8-10-16(11-9-15)27(30)31/h4-11,17H,1-3,12H2. The van der Waals surface area contributed by atoms with Crippen molar-refractivity contribution >= 4 is 23.1 Å². The van der Waals surface area contributed by atoms with Crippen LogP contribution in [0.2, 0.25) is 0 Å². The van der Waals surface area contributed by atoms with Crippen LogP contribution in [-0.2, 0) is 15.8 Å². The summed E-state index contributed by atoms with van der Waals surface area (Å²) in [6, 6.07) is 10.0. The number of alkyl halides is 3. The first-order valence-corrected chi connectivity index (χ1v) is 9.67. The van der Waals surface area contributed by atoms with Crippen LogP contribution in [0.5, 0.6) is 0 Å². The molecular formula is C22H17F3N2O4. The van der Waals surface area contributed by atoms with Crippen LogP contribution in [-0.4, -0.2) is 16.6 Å². The first-order chi connectivity index (χ1) is 14.7. The number of non-ortho nitro benzene ring substituents is 1. The Labute approximate surface area is 175 Å². The molecule has 2 aromatic rings. The Kier molecular flexibility index (Phi) is 5.12. The lowest BCUT2D eigenvalue weighted by molar-refractivity contribution is -0.384. The maximum atomic E-state index is 13.1. The summed E-state index contributed by atoms with van der Waals surface area (Å²) in [5.41, 5.74) is 0.936. The highest BCUT2D eigenvalue weighted by Gasteiger charge is 2.40. The molecule has 0 aromatic heterocycles. The summed E-state index contributed by atoms with van der Waals surface area (Å²) in [5.74, 6) is -1.07. The number of benzene rings is 2. The SMILES string of the molecule is O=C1CCCC2=C1C(c1ccc(C(F)(F)F)cc1)CC(=O)N2c1ccc([N+](=O)[O-])cc1. The molecule has 1 aliphatic carbocycles. The van der Waals surface area contributed by atoms with Gasteiger partial charge in [0.15, 0.2) is 5.78 Å². The molecule has 1 unspecified atom stereocenters. The molecule has 0 fully saturated rings. The number of nitrogens with zero attached hydrogens (tertiary/aromatic N) is 2. The van der Waals surface area contributed by atoms with Gasteiger partial charge >= 0.3 is 6.18 Å². The average molecular weight is 430 g/mol.